The number of methoxy groups -OCH3 is 1. The zero-order chi connectivity index (χ0) is 13.5. The highest BCUT2D eigenvalue weighted by atomic mass is 16.6. The van der Waals surface area contributed by atoms with Crippen molar-refractivity contribution < 1.29 is 14.5 Å². The van der Waals surface area contributed by atoms with Gasteiger partial charge >= 0.3 is 11.7 Å². The van der Waals surface area contributed by atoms with E-state index < -0.39 is 16.9 Å². The number of ether oxygens (including phenoxy) is 1. The van der Waals surface area contributed by atoms with Crippen LogP contribution in [0.2, 0.25) is 0 Å². The maximum atomic E-state index is 11.5. The summed E-state index contributed by atoms with van der Waals surface area (Å²) in [7, 11) is 1.28. The molecule has 0 aliphatic heterocycles. The predicted octanol–water partition coefficient (Wildman–Crippen LogP) is 1.74. The Morgan fingerprint density at radius 3 is 2.94 bits per heavy atom. The van der Waals surface area contributed by atoms with Crippen molar-refractivity contribution in [1.82, 2.24) is 4.98 Å². The van der Waals surface area contributed by atoms with Crippen molar-refractivity contribution >= 4 is 17.5 Å². The lowest BCUT2D eigenvalue weighted by Crippen LogP contribution is -2.31. The van der Waals surface area contributed by atoms with Gasteiger partial charge in [-0.15, -0.1) is 0 Å². The minimum atomic E-state index is -0.631. The molecular weight excluding hydrogens is 238 g/mol. The number of rotatable bonds is 6. The molecule has 0 amide bonds. The number of pyridine rings is 1. The van der Waals surface area contributed by atoms with E-state index in [0.29, 0.717) is 6.42 Å². The summed E-state index contributed by atoms with van der Waals surface area (Å²) >= 11 is 0. The van der Waals surface area contributed by atoms with E-state index in [9.17, 15) is 14.9 Å². The van der Waals surface area contributed by atoms with Crippen LogP contribution in [0.25, 0.3) is 0 Å². The first-order chi connectivity index (χ1) is 8.60. The summed E-state index contributed by atoms with van der Waals surface area (Å²) in [5.41, 5.74) is -0.164. The molecule has 1 N–H and O–H groups in total. The standard InChI is InChI=1S/C11H15N3O4/c1-3-5-8(11(15)18-2)13-10-9(14(16)17)6-4-7-12-10/h4,6-8H,3,5H2,1-2H3,(H,12,13). The van der Waals surface area contributed by atoms with E-state index in [0.717, 1.165) is 6.42 Å². The van der Waals surface area contributed by atoms with Crippen molar-refractivity contribution in [1.29, 1.82) is 0 Å². The number of esters is 1. The quantitative estimate of drug-likeness (QED) is 0.471. The summed E-state index contributed by atoms with van der Waals surface area (Å²) in [4.78, 5) is 25.6. The molecule has 0 aliphatic carbocycles. The predicted molar refractivity (Wildman–Crippen MR) is 65.2 cm³/mol. The van der Waals surface area contributed by atoms with Crippen LogP contribution in [0.5, 0.6) is 0 Å². The number of hydrogen-bond acceptors (Lipinski definition) is 6. The fraction of sp³-hybridized carbons (Fsp3) is 0.455. The van der Waals surface area contributed by atoms with Crippen molar-refractivity contribution in [2.75, 3.05) is 12.4 Å². The molecule has 1 aromatic heterocycles. The molecule has 0 fully saturated rings. The van der Waals surface area contributed by atoms with Crippen molar-refractivity contribution in [3.8, 4) is 0 Å². The molecule has 1 unspecified atom stereocenters. The van der Waals surface area contributed by atoms with Crippen LogP contribution in [0.15, 0.2) is 18.3 Å². The summed E-state index contributed by atoms with van der Waals surface area (Å²) in [5, 5.41) is 13.6. The maximum absolute atomic E-state index is 11.5. The minimum absolute atomic E-state index is 0.0753. The molecule has 1 rings (SSSR count). The molecule has 7 nitrogen and oxygen atoms in total. The average molecular weight is 253 g/mol. The summed E-state index contributed by atoms with van der Waals surface area (Å²) in [6, 6.07) is 2.17. The first kappa shape index (κ1) is 13.9. The van der Waals surface area contributed by atoms with Crippen molar-refractivity contribution in [3.63, 3.8) is 0 Å². The number of nitrogens with one attached hydrogen (secondary N) is 1. The van der Waals surface area contributed by atoms with Crippen LogP contribution in [0.1, 0.15) is 19.8 Å². The molecule has 18 heavy (non-hydrogen) atoms. The maximum Gasteiger partial charge on any atom is 0.328 e. The molecule has 98 valence electrons. The molecule has 0 spiro atoms. The molecule has 1 aromatic rings. The molecule has 0 radical (unpaired) electrons. The number of hydrogen-bond donors (Lipinski definition) is 1. The molecule has 7 heteroatoms. The second-order valence-electron chi connectivity index (χ2n) is 3.64. The van der Waals surface area contributed by atoms with E-state index in [1.807, 2.05) is 6.92 Å². The van der Waals surface area contributed by atoms with Crippen LogP contribution >= 0.6 is 0 Å². The summed E-state index contributed by atoms with van der Waals surface area (Å²) in [6.07, 6.45) is 2.68. The Labute approximate surface area is 104 Å². The highest BCUT2D eigenvalue weighted by Gasteiger charge is 2.22. The van der Waals surface area contributed by atoms with Crippen LogP contribution in [0, 0.1) is 10.1 Å². The molecule has 0 saturated heterocycles. The topological polar surface area (TPSA) is 94.4 Å². The summed E-state index contributed by atoms with van der Waals surface area (Å²) in [5.74, 6) is -0.386. The van der Waals surface area contributed by atoms with Gasteiger partial charge < -0.3 is 10.1 Å². The van der Waals surface area contributed by atoms with Gasteiger partial charge in [0.1, 0.15) is 6.04 Å². The monoisotopic (exact) mass is 253 g/mol. The number of aromatic nitrogens is 1. The number of carbonyl (C=O) groups excluding carboxylic acids is 1. The summed E-state index contributed by atoms with van der Waals surface area (Å²) in [6.45, 7) is 1.91. The molecule has 0 bridgehead atoms. The van der Waals surface area contributed by atoms with E-state index in [4.69, 9.17) is 0 Å². The first-order valence-corrected chi connectivity index (χ1v) is 5.54. The lowest BCUT2D eigenvalue weighted by molar-refractivity contribution is -0.384. The number of carbonyl (C=O) groups is 1. The SMILES string of the molecule is CCCC(Nc1ncccc1[N+](=O)[O-])C(=O)OC. The fourth-order valence-electron chi connectivity index (χ4n) is 1.50. The van der Waals surface area contributed by atoms with Gasteiger partial charge in [0.2, 0.25) is 5.82 Å². The number of nitro groups is 1. The van der Waals surface area contributed by atoms with E-state index in [1.165, 1.54) is 25.4 Å². The van der Waals surface area contributed by atoms with Crippen LogP contribution < -0.4 is 5.32 Å². The van der Waals surface area contributed by atoms with Gasteiger partial charge in [-0.2, -0.15) is 0 Å². The highest BCUT2D eigenvalue weighted by Crippen LogP contribution is 2.22. The molecule has 1 heterocycles. The van der Waals surface area contributed by atoms with Gasteiger partial charge in [-0.1, -0.05) is 13.3 Å². The van der Waals surface area contributed by atoms with Crippen LogP contribution in [-0.2, 0) is 9.53 Å². The smallest absolute Gasteiger partial charge is 0.328 e. The average Bonchev–Trinajstić information content (AvgIpc) is 2.37. The Hall–Kier alpha value is -2.18. The normalized spacial score (nSPS) is 11.7. The van der Waals surface area contributed by atoms with E-state index in [-0.39, 0.29) is 11.5 Å². The highest BCUT2D eigenvalue weighted by molar-refractivity contribution is 5.79. The van der Waals surface area contributed by atoms with Gasteiger partial charge in [-0.3, -0.25) is 10.1 Å². The van der Waals surface area contributed by atoms with E-state index >= 15 is 0 Å². The van der Waals surface area contributed by atoms with Gasteiger partial charge in [-0.05, 0) is 12.5 Å². The Morgan fingerprint density at radius 1 is 1.67 bits per heavy atom. The zero-order valence-corrected chi connectivity index (χ0v) is 10.3. The Balaban J connectivity index is 2.93. The van der Waals surface area contributed by atoms with Gasteiger partial charge in [0, 0.05) is 12.3 Å². The van der Waals surface area contributed by atoms with E-state index in [1.54, 1.807) is 0 Å². The van der Waals surface area contributed by atoms with Crippen LogP contribution in [0.4, 0.5) is 11.5 Å². The van der Waals surface area contributed by atoms with Crippen LogP contribution in [0.3, 0.4) is 0 Å². The third-order valence-corrected chi connectivity index (χ3v) is 2.36. The Kier molecular flexibility index (Phi) is 5.04. The minimum Gasteiger partial charge on any atom is -0.467 e. The van der Waals surface area contributed by atoms with Crippen molar-refractivity contribution in [2.45, 2.75) is 25.8 Å². The first-order valence-electron chi connectivity index (χ1n) is 5.54. The second-order valence-corrected chi connectivity index (χ2v) is 3.64. The lowest BCUT2D eigenvalue weighted by Gasteiger charge is -2.15. The van der Waals surface area contributed by atoms with Gasteiger partial charge in [0.15, 0.2) is 0 Å². The van der Waals surface area contributed by atoms with Crippen molar-refractivity contribution in [3.05, 3.63) is 28.4 Å². The zero-order valence-electron chi connectivity index (χ0n) is 10.3. The second kappa shape index (κ2) is 6.53. The van der Waals surface area contributed by atoms with Crippen LogP contribution in [-0.4, -0.2) is 29.0 Å². The lowest BCUT2D eigenvalue weighted by atomic mass is 10.1. The molecular formula is C11H15N3O4. The number of nitrogens with zero attached hydrogens (tertiary/aromatic N) is 2. The molecule has 0 aliphatic rings. The van der Waals surface area contributed by atoms with Gasteiger partial charge in [-0.25, -0.2) is 9.78 Å². The largest absolute Gasteiger partial charge is 0.467 e. The molecule has 0 saturated carbocycles. The van der Waals surface area contributed by atoms with Crippen molar-refractivity contribution in [2.24, 2.45) is 0 Å². The third kappa shape index (κ3) is 3.41. The third-order valence-electron chi connectivity index (χ3n) is 2.36. The van der Waals surface area contributed by atoms with Gasteiger partial charge in [0.25, 0.3) is 0 Å². The molecule has 0 aromatic carbocycles. The van der Waals surface area contributed by atoms with Gasteiger partial charge in [0.05, 0.1) is 12.0 Å². The van der Waals surface area contributed by atoms with E-state index in [2.05, 4.69) is 15.0 Å². The molecule has 1 atom stereocenters. The number of anilines is 1. The fourth-order valence-corrected chi connectivity index (χ4v) is 1.50. The summed E-state index contributed by atoms with van der Waals surface area (Å²) < 4.78 is 4.64. The Morgan fingerprint density at radius 2 is 2.39 bits per heavy atom. The Bertz CT molecular complexity index is 436.